The van der Waals surface area contributed by atoms with Crippen molar-refractivity contribution in [3.8, 4) is 11.3 Å². The molecule has 0 radical (unpaired) electrons. The molecular formula is C23H18N2O. The molecule has 0 fully saturated rings. The van der Waals surface area contributed by atoms with E-state index in [0.29, 0.717) is 5.56 Å². The van der Waals surface area contributed by atoms with Crippen LogP contribution < -0.4 is 5.32 Å². The molecule has 0 aliphatic heterocycles. The Hall–Kier alpha value is -3.46. The minimum Gasteiger partial charge on any atom is -0.322 e. The van der Waals surface area contributed by atoms with Crippen LogP contribution >= 0.6 is 0 Å². The van der Waals surface area contributed by atoms with Crippen LogP contribution in [0.5, 0.6) is 0 Å². The third-order valence-corrected chi connectivity index (χ3v) is 4.34. The largest absolute Gasteiger partial charge is 0.322 e. The zero-order chi connectivity index (χ0) is 17.9. The highest BCUT2D eigenvalue weighted by Gasteiger charge is 2.14. The summed E-state index contributed by atoms with van der Waals surface area (Å²) in [7, 11) is 0. The van der Waals surface area contributed by atoms with E-state index >= 15 is 0 Å². The van der Waals surface area contributed by atoms with Crippen LogP contribution in [0.3, 0.4) is 0 Å². The lowest BCUT2D eigenvalue weighted by atomic mass is 10.0. The standard InChI is InChI=1S/C23H18N2O/c1-16-11-13-18(14-12-16)24-23(26)20-15-22(17-7-3-2-4-8-17)25-21-10-6-5-9-19(20)21/h2-15H,1H3,(H,24,26). The SMILES string of the molecule is Cc1ccc(NC(=O)c2cc(-c3ccccc3)nc3ccccc23)cc1. The minimum absolute atomic E-state index is 0.135. The maximum atomic E-state index is 13.0. The summed E-state index contributed by atoms with van der Waals surface area (Å²) >= 11 is 0. The number of hydrogen-bond acceptors (Lipinski definition) is 2. The normalized spacial score (nSPS) is 10.7. The zero-order valence-electron chi connectivity index (χ0n) is 14.4. The first-order valence-corrected chi connectivity index (χ1v) is 8.54. The van der Waals surface area contributed by atoms with E-state index in [0.717, 1.165) is 33.4 Å². The van der Waals surface area contributed by atoms with Crippen molar-refractivity contribution < 1.29 is 4.79 Å². The fourth-order valence-electron chi connectivity index (χ4n) is 2.96. The lowest BCUT2D eigenvalue weighted by Crippen LogP contribution is -2.13. The molecule has 0 unspecified atom stereocenters. The first-order valence-electron chi connectivity index (χ1n) is 8.54. The molecule has 0 saturated carbocycles. The van der Waals surface area contributed by atoms with Gasteiger partial charge in [-0.2, -0.15) is 0 Å². The number of anilines is 1. The van der Waals surface area contributed by atoms with Crippen LogP contribution in [-0.2, 0) is 0 Å². The van der Waals surface area contributed by atoms with E-state index in [1.54, 1.807) is 0 Å². The average Bonchev–Trinajstić information content (AvgIpc) is 2.69. The Morgan fingerprint density at radius 2 is 1.54 bits per heavy atom. The molecule has 3 heteroatoms. The highest BCUT2D eigenvalue weighted by molar-refractivity contribution is 6.13. The third-order valence-electron chi connectivity index (χ3n) is 4.34. The molecule has 3 aromatic carbocycles. The van der Waals surface area contributed by atoms with E-state index in [1.807, 2.05) is 91.9 Å². The van der Waals surface area contributed by atoms with E-state index in [1.165, 1.54) is 0 Å². The van der Waals surface area contributed by atoms with Crippen LogP contribution in [0.4, 0.5) is 5.69 Å². The number of rotatable bonds is 3. The number of amides is 1. The molecule has 0 aliphatic rings. The number of nitrogens with one attached hydrogen (secondary N) is 1. The summed E-state index contributed by atoms with van der Waals surface area (Å²) in [6, 6.07) is 27.3. The molecule has 0 saturated heterocycles. The summed E-state index contributed by atoms with van der Waals surface area (Å²) in [5.74, 6) is -0.135. The number of hydrogen-bond donors (Lipinski definition) is 1. The predicted octanol–water partition coefficient (Wildman–Crippen LogP) is 5.46. The molecule has 1 amide bonds. The molecule has 26 heavy (non-hydrogen) atoms. The summed E-state index contributed by atoms with van der Waals surface area (Å²) in [4.78, 5) is 17.7. The summed E-state index contributed by atoms with van der Waals surface area (Å²) in [5.41, 5.74) is 5.14. The second-order valence-corrected chi connectivity index (χ2v) is 6.26. The first kappa shape index (κ1) is 16.0. The molecular weight excluding hydrogens is 320 g/mol. The van der Waals surface area contributed by atoms with Gasteiger partial charge in [0.2, 0.25) is 0 Å². The monoisotopic (exact) mass is 338 g/mol. The second-order valence-electron chi connectivity index (χ2n) is 6.26. The van der Waals surface area contributed by atoms with Crippen LogP contribution in [0.25, 0.3) is 22.2 Å². The van der Waals surface area contributed by atoms with E-state index in [-0.39, 0.29) is 5.91 Å². The Morgan fingerprint density at radius 1 is 0.846 bits per heavy atom. The van der Waals surface area contributed by atoms with Crippen molar-refractivity contribution in [2.24, 2.45) is 0 Å². The predicted molar refractivity (Wildman–Crippen MR) is 106 cm³/mol. The Labute approximate surface area is 152 Å². The topological polar surface area (TPSA) is 42.0 Å². The van der Waals surface area contributed by atoms with Gasteiger partial charge in [0, 0.05) is 16.6 Å². The van der Waals surface area contributed by atoms with Crippen molar-refractivity contribution in [2.75, 3.05) is 5.32 Å². The molecule has 0 aliphatic carbocycles. The van der Waals surface area contributed by atoms with Crippen LogP contribution in [0.15, 0.2) is 84.9 Å². The van der Waals surface area contributed by atoms with Crippen molar-refractivity contribution in [2.45, 2.75) is 6.92 Å². The fourth-order valence-corrected chi connectivity index (χ4v) is 2.96. The molecule has 1 heterocycles. The molecule has 126 valence electrons. The van der Waals surface area contributed by atoms with Gasteiger partial charge in [-0.25, -0.2) is 4.98 Å². The Bertz CT molecular complexity index is 1070. The summed E-state index contributed by atoms with van der Waals surface area (Å²) < 4.78 is 0. The van der Waals surface area contributed by atoms with Crippen molar-refractivity contribution >= 4 is 22.5 Å². The van der Waals surface area contributed by atoms with Crippen molar-refractivity contribution in [3.63, 3.8) is 0 Å². The number of nitrogens with zero attached hydrogens (tertiary/aromatic N) is 1. The molecule has 0 atom stereocenters. The first-order chi connectivity index (χ1) is 12.7. The van der Waals surface area contributed by atoms with Crippen molar-refractivity contribution in [3.05, 3.63) is 96.1 Å². The van der Waals surface area contributed by atoms with Gasteiger partial charge in [-0.3, -0.25) is 4.79 Å². The van der Waals surface area contributed by atoms with E-state index in [2.05, 4.69) is 5.32 Å². The molecule has 0 spiro atoms. The van der Waals surface area contributed by atoms with E-state index < -0.39 is 0 Å². The number of fused-ring (bicyclic) bond motifs is 1. The Balaban J connectivity index is 1.79. The maximum absolute atomic E-state index is 13.0. The van der Waals surface area contributed by atoms with E-state index in [9.17, 15) is 4.79 Å². The van der Waals surface area contributed by atoms with Gasteiger partial charge >= 0.3 is 0 Å². The smallest absolute Gasteiger partial charge is 0.256 e. The fraction of sp³-hybridized carbons (Fsp3) is 0.0435. The van der Waals surface area contributed by atoms with E-state index in [4.69, 9.17) is 4.98 Å². The van der Waals surface area contributed by atoms with Gasteiger partial charge in [0.15, 0.2) is 0 Å². The van der Waals surface area contributed by atoms with Gasteiger partial charge in [-0.05, 0) is 31.2 Å². The van der Waals surface area contributed by atoms with Crippen LogP contribution in [0, 0.1) is 6.92 Å². The number of pyridine rings is 1. The van der Waals surface area contributed by atoms with Crippen LogP contribution in [0.1, 0.15) is 15.9 Å². The molecule has 3 nitrogen and oxygen atoms in total. The zero-order valence-corrected chi connectivity index (χ0v) is 14.4. The Morgan fingerprint density at radius 3 is 2.31 bits per heavy atom. The second kappa shape index (κ2) is 6.81. The highest BCUT2D eigenvalue weighted by Crippen LogP contribution is 2.25. The molecule has 4 aromatic rings. The third kappa shape index (κ3) is 3.20. The van der Waals surface area contributed by atoms with Crippen LogP contribution in [-0.4, -0.2) is 10.9 Å². The maximum Gasteiger partial charge on any atom is 0.256 e. The van der Waals surface area contributed by atoms with Gasteiger partial charge in [-0.15, -0.1) is 0 Å². The highest BCUT2D eigenvalue weighted by atomic mass is 16.1. The average molecular weight is 338 g/mol. The summed E-state index contributed by atoms with van der Waals surface area (Å²) in [6.07, 6.45) is 0. The van der Waals surface area contributed by atoms with Gasteiger partial charge in [0.05, 0.1) is 16.8 Å². The minimum atomic E-state index is -0.135. The van der Waals surface area contributed by atoms with Gasteiger partial charge in [0.25, 0.3) is 5.91 Å². The number of carbonyl (C=O) groups excluding carboxylic acids is 1. The number of aromatic nitrogens is 1. The molecule has 0 bridgehead atoms. The number of aryl methyl sites for hydroxylation is 1. The number of carbonyl (C=O) groups is 1. The van der Waals surface area contributed by atoms with Gasteiger partial charge in [0.1, 0.15) is 0 Å². The lowest BCUT2D eigenvalue weighted by Gasteiger charge is -2.11. The number of benzene rings is 3. The summed E-state index contributed by atoms with van der Waals surface area (Å²) in [6.45, 7) is 2.02. The quantitative estimate of drug-likeness (QED) is 0.539. The van der Waals surface area contributed by atoms with Crippen molar-refractivity contribution in [1.82, 2.24) is 4.98 Å². The van der Waals surface area contributed by atoms with Crippen LogP contribution in [0.2, 0.25) is 0 Å². The van der Waals surface area contributed by atoms with Gasteiger partial charge in [-0.1, -0.05) is 66.2 Å². The Kier molecular flexibility index (Phi) is 4.20. The molecule has 4 rings (SSSR count). The van der Waals surface area contributed by atoms with Crippen molar-refractivity contribution in [1.29, 1.82) is 0 Å². The van der Waals surface area contributed by atoms with Gasteiger partial charge < -0.3 is 5.32 Å². The molecule has 1 N–H and O–H groups in total. The molecule has 1 aromatic heterocycles. The number of para-hydroxylation sites is 1. The lowest BCUT2D eigenvalue weighted by molar-refractivity contribution is 0.102. The summed E-state index contributed by atoms with van der Waals surface area (Å²) in [5, 5.41) is 3.83.